The Morgan fingerprint density at radius 3 is 2.37 bits per heavy atom. The summed E-state index contributed by atoms with van der Waals surface area (Å²) in [6.45, 7) is 0.826. The molecule has 2 heterocycles. The molecule has 3 aromatic rings. The molecule has 2 aliphatic rings. The van der Waals surface area contributed by atoms with E-state index < -0.39 is 56.2 Å². The lowest BCUT2D eigenvalue weighted by Gasteiger charge is -2.29. The largest absolute Gasteiger partial charge is 0.324 e. The number of rotatable bonds is 8. The highest BCUT2D eigenvalue weighted by Crippen LogP contribution is 2.31. The van der Waals surface area contributed by atoms with Gasteiger partial charge in [0.15, 0.2) is 9.84 Å². The number of amides is 1. The Kier molecular flexibility index (Phi) is 9.50. The van der Waals surface area contributed by atoms with Crippen molar-refractivity contribution in [2.75, 3.05) is 24.2 Å². The second kappa shape index (κ2) is 13.1. The molecule has 0 bridgehead atoms. The third kappa shape index (κ3) is 7.26. The van der Waals surface area contributed by atoms with Gasteiger partial charge in [-0.3, -0.25) is 4.79 Å². The fraction of sp³-hybridized carbons (Fsp3) is 0.387. The van der Waals surface area contributed by atoms with Crippen LogP contribution in [0.2, 0.25) is 0 Å². The maximum absolute atomic E-state index is 15.1. The SMILES string of the molecule is N[C@H](C(=O)Nc1cccc(F)c1CCC1CNC2CCCS(=O)(=O)C2CN1)[C@@H](c1ccc(F)cc1)c1cc(F)cc(F)c1. The second-order valence-electron chi connectivity index (χ2n) is 11.2. The zero-order valence-electron chi connectivity index (χ0n) is 23.3. The van der Waals surface area contributed by atoms with Gasteiger partial charge in [-0.25, -0.2) is 26.0 Å². The summed E-state index contributed by atoms with van der Waals surface area (Å²) in [5.74, 6) is -4.38. The number of benzene rings is 3. The van der Waals surface area contributed by atoms with Crippen LogP contribution in [0.3, 0.4) is 0 Å². The molecule has 0 saturated carbocycles. The Hall–Kier alpha value is -3.32. The molecule has 5 atom stereocenters. The summed E-state index contributed by atoms with van der Waals surface area (Å²) in [6.07, 6.45) is 2.10. The van der Waals surface area contributed by atoms with E-state index in [-0.39, 0.29) is 41.1 Å². The number of nitrogens with one attached hydrogen (secondary N) is 3. The summed E-state index contributed by atoms with van der Waals surface area (Å²) in [5, 5.41) is 8.85. The van der Waals surface area contributed by atoms with E-state index in [2.05, 4.69) is 16.0 Å². The number of anilines is 1. The van der Waals surface area contributed by atoms with Crippen molar-refractivity contribution in [3.8, 4) is 0 Å². The summed E-state index contributed by atoms with van der Waals surface area (Å²) < 4.78 is 82.1. The van der Waals surface area contributed by atoms with Crippen LogP contribution in [0.5, 0.6) is 0 Å². The van der Waals surface area contributed by atoms with Crippen molar-refractivity contribution < 1.29 is 30.8 Å². The molecule has 43 heavy (non-hydrogen) atoms. The standard InChI is InChI=1S/C31H34F4N4O3S/c32-20-8-6-18(7-9-20)29(19-13-21(33)15-22(34)14-19)30(36)31(40)39-26-4-1-3-25(35)24(26)11-10-23-16-38-27-5-2-12-43(41,42)28(27)17-37-23/h1,3-4,6-9,13-15,23,27-30,37-38H,2,5,10-12,16-17,36H2,(H,39,40)/t23?,27?,28?,29-,30-/m0/s1. The molecule has 5 N–H and O–H groups in total. The van der Waals surface area contributed by atoms with Gasteiger partial charge in [0.2, 0.25) is 5.91 Å². The molecule has 1 amide bonds. The van der Waals surface area contributed by atoms with Crippen LogP contribution in [-0.2, 0) is 21.1 Å². The molecule has 0 radical (unpaired) electrons. The molecule has 3 aromatic carbocycles. The van der Waals surface area contributed by atoms with Crippen molar-refractivity contribution in [3.63, 3.8) is 0 Å². The van der Waals surface area contributed by atoms with Crippen LogP contribution in [0.4, 0.5) is 23.2 Å². The van der Waals surface area contributed by atoms with Gasteiger partial charge < -0.3 is 21.7 Å². The third-order valence-corrected chi connectivity index (χ3v) is 10.6. The van der Waals surface area contributed by atoms with Crippen LogP contribution in [0.15, 0.2) is 60.7 Å². The van der Waals surface area contributed by atoms with Gasteiger partial charge in [-0.05, 0) is 73.2 Å². The molecule has 0 spiro atoms. The number of halogens is 4. The predicted molar refractivity (Wildman–Crippen MR) is 156 cm³/mol. The van der Waals surface area contributed by atoms with Crippen molar-refractivity contribution in [3.05, 3.63) is 101 Å². The Balaban J connectivity index is 1.33. The summed E-state index contributed by atoms with van der Waals surface area (Å²) in [6, 6.07) is 10.6. The molecule has 5 rings (SSSR count). The monoisotopic (exact) mass is 618 g/mol. The number of nitrogens with two attached hydrogens (primary N) is 1. The Morgan fingerprint density at radius 1 is 0.930 bits per heavy atom. The first-order valence-corrected chi connectivity index (χ1v) is 16.0. The molecule has 2 aliphatic heterocycles. The summed E-state index contributed by atoms with van der Waals surface area (Å²) in [5.41, 5.74) is 7.26. The van der Waals surface area contributed by atoms with E-state index in [0.717, 1.165) is 30.7 Å². The Bertz CT molecular complexity index is 1550. The topological polar surface area (TPSA) is 113 Å². The number of carbonyl (C=O) groups is 1. The average molecular weight is 619 g/mol. The first-order chi connectivity index (χ1) is 20.5. The maximum atomic E-state index is 15.1. The number of fused-ring (bicyclic) bond motifs is 1. The maximum Gasteiger partial charge on any atom is 0.242 e. The molecule has 12 heteroatoms. The fourth-order valence-electron chi connectivity index (χ4n) is 6.10. The van der Waals surface area contributed by atoms with Gasteiger partial charge in [0.1, 0.15) is 23.3 Å². The first kappa shape index (κ1) is 31.1. The Morgan fingerprint density at radius 2 is 1.65 bits per heavy atom. The minimum atomic E-state index is -3.19. The van der Waals surface area contributed by atoms with Gasteiger partial charge in [0, 0.05) is 48.4 Å². The van der Waals surface area contributed by atoms with Crippen molar-refractivity contribution >= 4 is 21.4 Å². The van der Waals surface area contributed by atoms with Gasteiger partial charge in [-0.15, -0.1) is 0 Å². The minimum Gasteiger partial charge on any atom is -0.324 e. The average Bonchev–Trinajstić information content (AvgIpc) is 3.16. The molecular formula is C31H34F4N4O3S. The van der Waals surface area contributed by atoms with Crippen LogP contribution >= 0.6 is 0 Å². The summed E-state index contributed by atoms with van der Waals surface area (Å²) in [4.78, 5) is 13.5. The zero-order chi connectivity index (χ0) is 30.7. The van der Waals surface area contributed by atoms with E-state index in [1.807, 2.05) is 0 Å². The summed E-state index contributed by atoms with van der Waals surface area (Å²) >= 11 is 0. The molecule has 7 nitrogen and oxygen atoms in total. The molecular weight excluding hydrogens is 584 g/mol. The van der Waals surface area contributed by atoms with E-state index in [0.29, 0.717) is 37.6 Å². The van der Waals surface area contributed by atoms with Crippen molar-refractivity contribution in [1.29, 1.82) is 0 Å². The molecule has 230 valence electrons. The zero-order valence-corrected chi connectivity index (χ0v) is 24.1. The van der Waals surface area contributed by atoms with Gasteiger partial charge in [-0.1, -0.05) is 18.2 Å². The smallest absolute Gasteiger partial charge is 0.242 e. The molecule has 2 fully saturated rings. The molecule has 0 aromatic heterocycles. The van der Waals surface area contributed by atoms with Crippen LogP contribution < -0.4 is 21.7 Å². The highest BCUT2D eigenvalue weighted by atomic mass is 32.2. The van der Waals surface area contributed by atoms with Gasteiger partial charge >= 0.3 is 0 Å². The van der Waals surface area contributed by atoms with E-state index in [1.54, 1.807) is 0 Å². The molecule has 0 aliphatic carbocycles. The van der Waals surface area contributed by atoms with E-state index in [4.69, 9.17) is 5.73 Å². The number of sulfone groups is 1. The summed E-state index contributed by atoms with van der Waals surface area (Å²) in [7, 11) is -3.19. The lowest BCUT2D eigenvalue weighted by atomic mass is 9.84. The van der Waals surface area contributed by atoms with Gasteiger partial charge in [-0.2, -0.15) is 0 Å². The van der Waals surface area contributed by atoms with E-state index in [1.165, 1.54) is 30.3 Å². The first-order valence-electron chi connectivity index (χ1n) is 14.3. The van der Waals surface area contributed by atoms with Gasteiger partial charge in [0.25, 0.3) is 0 Å². The quantitative estimate of drug-likeness (QED) is 0.286. The second-order valence-corrected chi connectivity index (χ2v) is 13.6. The van der Waals surface area contributed by atoms with Crippen LogP contribution in [0.1, 0.15) is 41.9 Å². The van der Waals surface area contributed by atoms with Gasteiger partial charge in [0.05, 0.1) is 17.0 Å². The number of carbonyl (C=O) groups excluding carboxylic acids is 1. The van der Waals surface area contributed by atoms with Crippen LogP contribution in [-0.4, -0.2) is 56.5 Å². The highest BCUT2D eigenvalue weighted by Gasteiger charge is 2.39. The lowest BCUT2D eigenvalue weighted by molar-refractivity contribution is -0.117. The molecule has 3 unspecified atom stereocenters. The molecule has 2 saturated heterocycles. The number of hydrogen-bond donors (Lipinski definition) is 4. The third-order valence-electron chi connectivity index (χ3n) is 8.34. The predicted octanol–water partition coefficient (Wildman–Crippen LogP) is 3.78. The fourth-order valence-corrected chi connectivity index (χ4v) is 8.05. The minimum absolute atomic E-state index is 0.0840. The van der Waals surface area contributed by atoms with Crippen LogP contribution in [0, 0.1) is 23.3 Å². The number of hydrogen-bond acceptors (Lipinski definition) is 6. The van der Waals surface area contributed by atoms with E-state index in [9.17, 15) is 26.4 Å². The van der Waals surface area contributed by atoms with Crippen molar-refractivity contribution in [1.82, 2.24) is 10.6 Å². The van der Waals surface area contributed by atoms with Crippen molar-refractivity contribution in [2.24, 2.45) is 5.73 Å². The normalized spacial score (nSPS) is 23.0. The van der Waals surface area contributed by atoms with Crippen LogP contribution in [0.25, 0.3) is 0 Å². The van der Waals surface area contributed by atoms with E-state index >= 15 is 4.39 Å². The Labute approximate surface area is 248 Å². The van der Waals surface area contributed by atoms with Crippen molar-refractivity contribution in [2.45, 2.75) is 55.0 Å². The lowest BCUT2D eigenvalue weighted by Crippen LogP contribution is -2.49. The highest BCUT2D eigenvalue weighted by molar-refractivity contribution is 7.92.